The zero-order valence-corrected chi connectivity index (χ0v) is 52.2. The van der Waals surface area contributed by atoms with E-state index in [1.807, 2.05) is 0 Å². The molecule has 0 spiro atoms. The molecule has 0 N–H and O–H groups in total. The van der Waals surface area contributed by atoms with E-state index in [1.165, 1.54) is 27.8 Å². The third-order valence-electron chi connectivity index (χ3n) is 16.2. The second-order valence-corrected chi connectivity index (χ2v) is 28.9. The Morgan fingerprint density at radius 1 is 0.221 bits per heavy atom. The molecule has 7 rings (SSSR count). The van der Waals surface area contributed by atoms with Crippen molar-refractivity contribution in [2.45, 2.75) is 228 Å². The molecule has 0 heteroatoms. The first kappa shape index (κ1) is 54.9. The van der Waals surface area contributed by atoms with Crippen molar-refractivity contribution in [2.75, 3.05) is 0 Å². The topological polar surface area (TPSA) is 0 Å². The van der Waals surface area contributed by atoms with Crippen molar-refractivity contribution in [3.8, 4) is 0 Å². The zero-order chi connectivity index (χ0) is 59.7. The number of benzene rings is 7. The van der Waals surface area contributed by atoms with Crippen molar-refractivity contribution < 1.29 is 4.11 Å². The van der Waals surface area contributed by atoms with Crippen LogP contribution in [0.5, 0.6) is 0 Å². The number of hydrogen-bond donors (Lipinski definition) is 0. The van der Waals surface area contributed by atoms with Crippen LogP contribution >= 0.6 is 0 Å². The van der Waals surface area contributed by atoms with Crippen molar-refractivity contribution in [1.29, 1.82) is 0 Å². The maximum atomic E-state index is 12.1. The lowest BCUT2D eigenvalue weighted by atomic mass is 9.70. The van der Waals surface area contributed by atoms with Crippen LogP contribution in [0, 0.1) is 0 Å². The van der Waals surface area contributed by atoms with E-state index in [0.29, 0.717) is 0 Å². The van der Waals surface area contributed by atoms with Crippen LogP contribution in [0.3, 0.4) is 0 Å². The summed E-state index contributed by atoms with van der Waals surface area (Å²) in [4.78, 5) is 0. The zero-order valence-electron chi connectivity index (χ0n) is 55.2. The summed E-state index contributed by atoms with van der Waals surface area (Å²) in [5.41, 5.74) is 18.1. The van der Waals surface area contributed by atoms with Gasteiger partial charge in [0.1, 0.15) is 0 Å². The Kier molecular flexibility index (Phi) is 15.9. The Morgan fingerprint density at radius 3 is 0.519 bits per heavy atom. The number of hydrogen-bond acceptors (Lipinski definition) is 0. The molecule has 0 radical (unpaired) electrons. The summed E-state index contributed by atoms with van der Waals surface area (Å²) in [5, 5.41) is 0. The average molecular weight is 1030 g/mol. The van der Waals surface area contributed by atoms with Crippen LogP contribution in [0.15, 0.2) is 146 Å². The van der Waals surface area contributed by atoms with E-state index < -0.39 is 17.7 Å². The lowest BCUT2D eigenvalue weighted by Gasteiger charge is -2.33. The highest BCUT2D eigenvalue weighted by molar-refractivity contribution is 5.61. The van der Waals surface area contributed by atoms with Crippen molar-refractivity contribution in [3.05, 3.63) is 246 Å². The van der Waals surface area contributed by atoms with E-state index in [2.05, 4.69) is 305 Å². The van der Waals surface area contributed by atoms with Crippen molar-refractivity contribution >= 4 is 0 Å². The van der Waals surface area contributed by atoms with Crippen LogP contribution in [0.2, 0.25) is 0 Å². The first-order valence-electron chi connectivity index (χ1n) is 30.7. The molecule has 7 aromatic carbocycles. The molecule has 408 valence electrons. The van der Waals surface area contributed by atoms with E-state index >= 15 is 0 Å². The second-order valence-electron chi connectivity index (χ2n) is 28.9. The van der Waals surface area contributed by atoms with Gasteiger partial charge >= 0.3 is 0 Å². The fourth-order valence-electron chi connectivity index (χ4n) is 11.1. The molecule has 0 aromatic heterocycles. The Balaban J connectivity index is 1.71. The third kappa shape index (κ3) is 13.2. The summed E-state index contributed by atoms with van der Waals surface area (Å²) >= 11 is 0. The summed E-state index contributed by atoms with van der Waals surface area (Å²) in [6.45, 7) is 51.8. The van der Waals surface area contributed by atoms with Crippen molar-refractivity contribution in [1.82, 2.24) is 0 Å². The maximum absolute atomic E-state index is 12.1. The Bertz CT molecular complexity index is 2950. The summed E-state index contributed by atoms with van der Waals surface area (Å²) in [6.07, 6.45) is 0. The van der Waals surface area contributed by atoms with Gasteiger partial charge in [-0.25, -0.2) is 0 Å². The lowest BCUT2D eigenvalue weighted by Crippen LogP contribution is -2.18. The Hall–Kier alpha value is -5.46. The minimum atomic E-state index is -1.52. The summed E-state index contributed by atoms with van der Waals surface area (Å²) < 4.78 is 34.9. The molecule has 0 nitrogen and oxygen atoms in total. The van der Waals surface area contributed by atoms with Gasteiger partial charge in [-0.05, 0) is 151 Å². The molecule has 0 aliphatic heterocycles. The van der Waals surface area contributed by atoms with Crippen LogP contribution < -0.4 is 0 Å². The molecular formula is C77H100. The second kappa shape index (κ2) is 22.4. The van der Waals surface area contributed by atoms with Crippen LogP contribution in [-0.2, 0) is 27.1 Å². The van der Waals surface area contributed by atoms with Gasteiger partial charge in [0.2, 0.25) is 0 Å². The first-order valence-corrected chi connectivity index (χ1v) is 29.2. The minimum Gasteiger partial charge on any atom is -0.0587 e. The van der Waals surface area contributed by atoms with Crippen LogP contribution in [0.25, 0.3) is 0 Å². The van der Waals surface area contributed by atoms with Gasteiger partial charge in [0.15, 0.2) is 0 Å². The Morgan fingerprint density at radius 2 is 0.364 bits per heavy atom. The van der Waals surface area contributed by atoms with Gasteiger partial charge < -0.3 is 0 Å². The quantitative estimate of drug-likeness (QED) is 0.101. The van der Waals surface area contributed by atoms with E-state index in [1.54, 1.807) is 0 Å². The molecule has 0 unspecified atom stereocenters. The van der Waals surface area contributed by atoms with E-state index in [4.69, 9.17) is 0 Å². The molecule has 0 saturated carbocycles. The molecule has 0 amide bonds. The van der Waals surface area contributed by atoms with Gasteiger partial charge in [-0.15, -0.1) is 0 Å². The molecule has 0 atom stereocenters. The van der Waals surface area contributed by atoms with Gasteiger partial charge in [0.25, 0.3) is 0 Å². The predicted octanol–water partition coefficient (Wildman–Crippen LogP) is 22.2. The molecule has 0 aliphatic carbocycles. The molecule has 0 heterocycles. The molecule has 7 aromatic rings. The van der Waals surface area contributed by atoms with Gasteiger partial charge in [-0.2, -0.15) is 0 Å². The standard InChI is InChI=1S/C77H100/c1-48(2)62-44-64(50(5)6)68(46-66(62)70(52-24-34-57(35-25-52)73(9,10)11)53-26-36-58(37-27-53)74(12,13)14)72(56-32-42-61(43-33-56)77(21,22)23)69-47-67(63(49(3)4)45-65(69)51(7)8)71(54-28-38-59(39-29-54)75(15,16)17)55-30-40-60(41-31-55)76(18,19)20/h24-51,70-72H,1-23H3/i70D,71D,72D. The highest BCUT2D eigenvalue weighted by Crippen LogP contribution is 2.49. The predicted molar refractivity (Wildman–Crippen MR) is 338 cm³/mol. The molecule has 0 fully saturated rings. The van der Waals surface area contributed by atoms with Gasteiger partial charge in [-0.3, -0.25) is 0 Å². The van der Waals surface area contributed by atoms with Gasteiger partial charge in [0.05, 0.1) is 0 Å². The highest BCUT2D eigenvalue weighted by Gasteiger charge is 2.33. The summed E-state index contributed by atoms with van der Waals surface area (Å²) in [7, 11) is 0. The summed E-state index contributed by atoms with van der Waals surface area (Å²) in [6, 6.07) is 53.5. The fourth-order valence-corrected chi connectivity index (χ4v) is 11.1. The largest absolute Gasteiger partial charge is 0.0587 e. The molecule has 0 saturated heterocycles. The summed E-state index contributed by atoms with van der Waals surface area (Å²) in [5.74, 6) is -4.06. The van der Waals surface area contributed by atoms with Crippen LogP contribution in [0.1, 0.15) is 305 Å². The lowest BCUT2D eigenvalue weighted by molar-refractivity contribution is 0.589. The maximum Gasteiger partial charge on any atom is 0.0453 e. The number of rotatable bonds is 13. The molecular weight excluding hydrogens is 925 g/mol. The van der Waals surface area contributed by atoms with Crippen molar-refractivity contribution in [3.63, 3.8) is 0 Å². The van der Waals surface area contributed by atoms with E-state index in [-0.39, 0.29) is 50.7 Å². The highest BCUT2D eigenvalue weighted by atomic mass is 14.4. The van der Waals surface area contributed by atoms with Gasteiger partial charge in [-0.1, -0.05) is 305 Å². The monoisotopic (exact) mass is 1030 g/mol. The minimum absolute atomic E-state index is 0.0298. The molecule has 0 aliphatic rings. The first-order chi connectivity index (χ1) is 36.8. The van der Waals surface area contributed by atoms with Crippen LogP contribution in [-0.4, -0.2) is 0 Å². The van der Waals surface area contributed by atoms with E-state index in [0.717, 1.165) is 72.3 Å². The Labute approximate surface area is 475 Å². The fraction of sp³-hybridized carbons (Fsp3) is 0.455. The SMILES string of the molecule is [2H]C(c1ccc(C(C)(C)C)cc1)(c1ccc(C(C)(C)C)cc1)c1cc(C([2H])(c2ccc(C(C)(C)C)cc2)c2cc(C([2H])(c3ccc(C(C)(C)C)cc3)c3ccc(C(C)(C)C)cc3)c(C(C)C)cc2C(C)C)c(C(C)C)cc1C(C)C. The van der Waals surface area contributed by atoms with Crippen molar-refractivity contribution in [2.24, 2.45) is 0 Å². The molecule has 77 heavy (non-hydrogen) atoms. The third-order valence-corrected chi connectivity index (χ3v) is 16.2. The normalized spacial score (nSPS) is 14.1. The van der Waals surface area contributed by atoms with Crippen LogP contribution in [0.4, 0.5) is 0 Å². The molecule has 0 bridgehead atoms. The average Bonchev–Trinajstić information content (AvgIpc) is 3.59. The smallest absolute Gasteiger partial charge is 0.0453 e. The van der Waals surface area contributed by atoms with Gasteiger partial charge in [0, 0.05) is 21.8 Å². The van der Waals surface area contributed by atoms with E-state index in [9.17, 15) is 4.11 Å².